The average molecular weight is 496 g/mol. The van der Waals surface area contributed by atoms with Crippen molar-refractivity contribution in [3.63, 3.8) is 0 Å². The van der Waals surface area contributed by atoms with Gasteiger partial charge in [0.25, 0.3) is 15.9 Å². The van der Waals surface area contributed by atoms with E-state index in [1.807, 2.05) is 38.1 Å². The normalized spacial score (nSPS) is 11.6. The fraction of sp³-hybridized carbons (Fsp3) is 0.231. The molecule has 8 nitrogen and oxygen atoms in total. The zero-order chi connectivity index (χ0) is 25.6. The number of nitrogens with zero attached hydrogens (tertiary/aromatic N) is 2. The lowest BCUT2D eigenvalue weighted by Gasteiger charge is -2.24. The van der Waals surface area contributed by atoms with Crippen molar-refractivity contribution in [3.05, 3.63) is 83.4 Å². The van der Waals surface area contributed by atoms with Crippen molar-refractivity contribution in [2.75, 3.05) is 25.1 Å². The molecule has 35 heavy (non-hydrogen) atoms. The van der Waals surface area contributed by atoms with E-state index in [4.69, 9.17) is 9.47 Å². The number of anilines is 1. The van der Waals surface area contributed by atoms with Crippen LogP contribution in [0.15, 0.2) is 76.7 Å². The molecule has 3 aromatic carbocycles. The van der Waals surface area contributed by atoms with Crippen LogP contribution in [0.3, 0.4) is 0 Å². The van der Waals surface area contributed by atoms with Gasteiger partial charge >= 0.3 is 0 Å². The van der Waals surface area contributed by atoms with Crippen LogP contribution in [0.2, 0.25) is 0 Å². The quantitative estimate of drug-likeness (QED) is 0.357. The second-order valence-corrected chi connectivity index (χ2v) is 9.82. The van der Waals surface area contributed by atoms with Gasteiger partial charge in [0.2, 0.25) is 0 Å². The first-order valence-electron chi connectivity index (χ1n) is 10.9. The molecule has 1 amide bonds. The number of aryl methyl sites for hydroxylation is 2. The Bertz CT molecular complexity index is 1320. The van der Waals surface area contributed by atoms with Gasteiger partial charge in [-0.15, -0.1) is 0 Å². The lowest BCUT2D eigenvalue weighted by molar-refractivity contribution is -0.119. The van der Waals surface area contributed by atoms with Crippen molar-refractivity contribution in [1.82, 2.24) is 5.43 Å². The lowest BCUT2D eigenvalue weighted by atomic mass is 10.1. The first kappa shape index (κ1) is 25.8. The molecule has 0 saturated carbocycles. The fourth-order valence-electron chi connectivity index (χ4n) is 3.30. The summed E-state index contributed by atoms with van der Waals surface area (Å²) in [5.41, 5.74) is 6.18. The summed E-state index contributed by atoms with van der Waals surface area (Å²) in [5.74, 6) is 0.177. The number of amides is 1. The Morgan fingerprint density at radius 3 is 2.03 bits per heavy atom. The van der Waals surface area contributed by atoms with Crippen molar-refractivity contribution >= 4 is 27.3 Å². The molecule has 0 aliphatic heterocycles. The Morgan fingerprint density at radius 2 is 1.46 bits per heavy atom. The minimum atomic E-state index is -4.08. The van der Waals surface area contributed by atoms with Crippen LogP contribution >= 0.6 is 0 Å². The lowest BCUT2D eigenvalue weighted by Crippen LogP contribution is -2.39. The van der Waals surface area contributed by atoms with Gasteiger partial charge in [-0.25, -0.2) is 13.8 Å². The van der Waals surface area contributed by atoms with Crippen molar-refractivity contribution in [2.45, 2.75) is 25.7 Å². The van der Waals surface area contributed by atoms with Gasteiger partial charge in [0.05, 0.1) is 30.5 Å². The molecular weight excluding hydrogens is 466 g/mol. The van der Waals surface area contributed by atoms with Crippen molar-refractivity contribution < 1.29 is 22.7 Å². The third kappa shape index (κ3) is 6.19. The van der Waals surface area contributed by atoms with E-state index >= 15 is 0 Å². The number of methoxy groups -OCH3 is 2. The summed E-state index contributed by atoms with van der Waals surface area (Å²) in [5, 5.41) is 4.15. The van der Waals surface area contributed by atoms with Crippen molar-refractivity contribution in [2.24, 2.45) is 5.10 Å². The van der Waals surface area contributed by atoms with E-state index in [9.17, 15) is 13.2 Å². The predicted octanol–water partition coefficient (Wildman–Crippen LogP) is 4.06. The van der Waals surface area contributed by atoms with Crippen LogP contribution in [-0.2, 0) is 14.8 Å². The van der Waals surface area contributed by atoms with Gasteiger partial charge in [-0.05, 0) is 50.6 Å². The summed E-state index contributed by atoms with van der Waals surface area (Å²) in [7, 11) is -1.14. The Labute approximate surface area is 206 Å². The molecule has 0 saturated heterocycles. The zero-order valence-electron chi connectivity index (χ0n) is 20.4. The summed E-state index contributed by atoms with van der Waals surface area (Å²) in [6.07, 6.45) is 0. The zero-order valence-corrected chi connectivity index (χ0v) is 21.2. The van der Waals surface area contributed by atoms with Crippen LogP contribution in [0, 0.1) is 13.8 Å². The number of hydrogen-bond donors (Lipinski definition) is 1. The number of benzene rings is 3. The SMILES string of the molecule is COc1ccc(N(CC(=O)N/N=C(/C)c2ccc(C)cc2)S(=O)(=O)c2ccc(C)cc2)cc1OC. The van der Waals surface area contributed by atoms with Crippen LogP contribution in [0.25, 0.3) is 0 Å². The number of sulfonamides is 1. The van der Waals surface area contributed by atoms with Crippen LogP contribution in [-0.4, -0.2) is 40.8 Å². The Hall–Kier alpha value is -3.85. The number of rotatable bonds is 9. The van der Waals surface area contributed by atoms with Gasteiger partial charge in [0.1, 0.15) is 6.54 Å². The molecule has 3 aromatic rings. The molecule has 0 aliphatic carbocycles. The number of nitrogens with one attached hydrogen (secondary N) is 1. The second kappa shape index (κ2) is 11.1. The predicted molar refractivity (Wildman–Crippen MR) is 137 cm³/mol. The van der Waals surface area contributed by atoms with E-state index in [1.54, 1.807) is 31.2 Å². The maximum absolute atomic E-state index is 13.6. The van der Waals surface area contributed by atoms with Crippen molar-refractivity contribution in [1.29, 1.82) is 0 Å². The molecule has 0 aromatic heterocycles. The molecule has 0 atom stereocenters. The molecule has 9 heteroatoms. The molecule has 0 unspecified atom stereocenters. The molecule has 0 heterocycles. The standard InChI is InChI=1S/C26H29N3O5S/c1-18-6-10-21(11-7-18)20(3)27-28-26(30)17-29(22-12-15-24(33-4)25(16-22)34-5)35(31,32)23-13-8-19(2)9-14-23/h6-16H,17H2,1-5H3,(H,28,30)/b27-20-. The summed E-state index contributed by atoms with van der Waals surface area (Å²) in [6, 6.07) is 18.8. The van der Waals surface area contributed by atoms with Gasteiger partial charge in [-0.1, -0.05) is 47.5 Å². The van der Waals surface area contributed by atoms with E-state index in [2.05, 4.69) is 10.5 Å². The van der Waals surface area contributed by atoms with E-state index in [0.29, 0.717) is 17.2 Å². The fourth-order valence-corrected chi connectivity index (χ4v) is 4.72. The van der Waals surface area contributed by atoms with E-state index in [-0.39, 0.29) is 10.6 Å². The van der Waals surface area contributed by atoms with Crippen LogP contribution in [0.1, 0.15) is 23.6 Å². The number of ether oxygens (including phenoxy) is 2. The Balaban J connectivity index is 1.93. The molecule has 184 valence electrons. The summed E-state index contributed by atoms with van der Waals surface area (Å²) in [6.45, 7) is 5.12. The monoisotopic (exact) mass is 495 g/mol. The first-order chi connectivity index (χ1) is 16.6. The number of hydrogen-bond acceptors (Lipinski definition) is 6. The van der Waals surface area contributed by atoms with Crippen LogP contribution in [0.4, 0.5) is 5.69 Å². The topological polar surface area (TPSA) is 97.3 Å². The minimum absolute atomic E-state index is 0.0602. The molecule has 0 radical (unpaired) electrons. The Kier molecular flexibility index (Phi) is 8.14. The molecule has 0 fully saturated rings. The average Bonchev–Trinajstić information content (AvgIpc) is 2.86. The van der Waals surface area contributed by atoms with Crippen molar-refractivity contribution in [3.8, 4) is 11.5 Å². The highest BCUT2D eigenvalue weighted by atomic mass is 32.2. The van der Waals surface area contributed by atoms with E-state index in [0.717, 1.165) is 21.0 Å². The summed E-state index contributed by atoms with van der Waals surface area (Å²) < 4.78 is 38.7. The van der Waals surface area contributed by atoms with Gasteiger partial charge in [-0.3, -0.25) is 9.10 Å². The van der Waals surface area contributed by atoms with Crippen LogP contribution in [0.5, 0.6) is 11.5 Å². The van der Waals surface area contributed by atoms with E-state index < -0.39 is 22.5 Å². The highest BCUT2D eigenvalue weighted by molar-refractivity contribution is 7.92. The third-order valence-corrected chi connectivity index (χ3v) is 7.16. The summed E-state index contributed by atoms with van der Waals surface area (Å²) in [4.78, 5) is 12.9. The second-order valence-electron chi connectivity index (χ2n) is 7.96. The molecule has 0 bridgehead atoms. The number of carbonyl (C=O) groups excluding carboxylic acids is 1. The highest BCUT2D eigenvalue weighted by Gasteiger charge is 2.28. The maximum atomic E-state index is 13.6. The molecular formula is C26H29N3O5S. The third-order valence-electron chi connectivity index (χ3n) is 5.37. The van der Waals surface area contributed by atoms with Gasteiger partial charge in [0, 0.05) is 6.07 Å². The number of carbonyl (C=O) groups is 1. The van der Waals surface area contributed by atoms with Gasteiger partial charge in [-0.2, -0.15) is 5.10 Å². The maximum Gasteiger partial charge on any atom is 0.264 e. The smallest absolute Gasteiger partial charge is 0.264 e. The Morgan fingerprint density at radius 1 is 0.886 bits per heavy atom. The first-order valence-corrected chi connectivity index (χ1v) is 12.3. The summed E-state index contributed by atoms with van der Waals surface area (Å²) >= 11 is 0. The highest BCUT2D eigenvalue weighted by Crippen LogP contribution is 2.33. The van der Waals surface area contributed by atoms with Gasteiger partial charge < -0.3 is 9.47 Å². The van der Waals surface area contributed by atoms with E-state index in [1.165, 1.54) is 32.4 Å². The van der Waals surface area contributed by atoms with Crippen LogP contribution < -0.4 is 19.2 Å². The minimum Gasteiger partial charge on any atom is -0.493 e. The largest absolute Gasteiger partial charge is 0.493 e. The molecule has 3 rings (SSSR count). The molecule has 0 spiro atoms. The molecule has 1 N–H and O–H groups in total. The number of hydrazone groups is 1. The molecule has 0 aliphatic rings. The van der Waals surface area contributed by atoms with Gasteiger partial charge in [0.15, 0.2) is 11.5 Å².